The second-order valence-corrected chi connectivity index (χ2v) is 9.72. The van der Waals surface area contributed by atoms with E-state index in [4.69, 9.17) is 4.74 Å². The summed E-state index contributed by atoms with van der Waals surface area (Å²) in [5, 5.41) is 21.9. The van der Waals surface area contributed by atoms with E-state index in [0.29, 0.717) is 34.9 Å². The molecule has 0 N–H and O–H groups in total. The minimum atomic E-state index is -0.802. The second kappa shape index (κ2) is 10.5. The van der Waals surface area contributed by atoms with E-state index in [9.17, 15) is 34.6 Å². The fourth-order valence-corrected chi connectivity index (χ4v) is 4.88. The first-order valence-corrected chi connectivity index (χ1v) is 12.2. The molecule has 4 rings (SSSR count). The predicted molar refractivity (Wildman–Crippen MR) is 132 cm³/mol. The summed E-state index contributed by atoms with van der Waals surface area (Å²) >= 11 is 3.99. The van der Waals surface area contributed by atoms with Gasteiger partial charge in [0.15, 0.2) is 0 Å². The number of hydrogen-bond acceptors (Lipinski definition) is 9. The Morgan fingerprint density at radius 2 is 1.75 bits per heavy atom. The Bertz CT molecular complexity index is 1330. The molecule has 3 amide bonds. The maximum atomic E-state index is 12.9. The SMILES string of the molecule is O=C(CN1C(=O)S/C(=C\c2cc(Br)ccc2Oc2ccc([N+](=O)[O-])cc2[N+](=O)[O-])C1=O)N1CCCC1. The van der Waals surface area contributed by atoms with Gasteiger partial charge in [0.25, 0.3) is 16.8 Å². The lowest BCUT2D eigenvalue weighted by atomic mass is 10.1. The number of ether oxygens (including phenoxy) is 1. The van der Waals surface area contributed by atoms with Crippen molar-refractivity contribution in [1.29, 1.82) is 0 Å². The van der Waals surface area contributed by atoms with Gasteiger partial charge in [0.05, 0.1) is 20.8 Å². The van der Waals surface area contributed by atoms with Crippen molar-refractivity contribution in [2.45, 2.75) is 12.8 Å². The zero-order valence-corrected chi connectivity index (χ0v) is 20.8. The average molecular weight is 577 g/mol. The van der Waals surface area contributed by atoms with E-state index in [1.165, 1.54) is 12.1 Å². The lowest BCUT2D eigenvalue weighted by molar-refractivity contribution is -0.394. The summed E-state index contributed by atoms with van der Waals surface area (Å²) in [5.41, 5.74) is -0.769. The molecule has 0 aromatic heterocycles. The molecular formula is C22H17BrN4O8S. The molecule has 2 heterocycles. The van der Waals surface area contributed by atoms with E-state index >= 15 is 0 Å². The standard InChI is InChI=1S/C22H17BrN4O8S/c23-14-3-5-17(35-18-6-4-15(26(31)32)11-16(18)27(33)34)13(9-14)10-19-21(29)25(22(30)36-19)12-20(28)24-7-1-2-8-24/h3-6,9-11H,1-2,7-8,12H2/b19-10-. The van der Waals surface area contributed by atoms with E-state index in [-0.39, 0.29) is 28.9 Å². The third kappa shape index (κ3) is 5.39. The van der Waals surface area contributed by atoms with Gasteiger partial charge >= 0.3 is 5.69 Å². The number of non-ortho nitro benzene ring substituents is 1. The molecule has 2 fully saturated rings. The van der Waals surface area contributed by atoms with Crippen LogP contribution in [0.15, 0.2) is 45.8 Å². The Hall–Kier alpha value is -3.78. The summed E-state index contributed by atoms with van der Waals surface area (Å²) in [6.07, 6.45) is 3.15. The molecule has 14 heteroatoms. The Kier molecular flexibility index (Phi) is 7.35. The lowest BCUT2D eigenvalue weighted by Crippen LogP contribution is -2.40. The van der Waals surface area contributed by atoms with Crippen molar-refractivity contribution in [3.05, 3.63) is 71.6 Å². The van der Waals surface area contributed by atoms with Crippen LogP contribution in [0.25, 0.3) is 6.08 Å². The fraction of sp³-hybridized carbons (Fsp3) is 0.227. The van der Waals surface area contributed by atoms with Crippen LogP contribution in [-0.4, -0.2) is 56.3 Å². The number of nitro groups is 2. The maximum absolute atomic E-state index is 12.9. The number of benzene rings is 2. The van der Waals surface area contributed by atoms with Crippen LogP contribution >= 0.6 is 27.7 Å². The molecule has 0 atom stereocenters. The molecule has 2 aliphatic rings. The number of carbonyl (C=O) groups is 3. The molecule has 186 valence electrons. The van der Waals surface area contributed by atoms with E-state index in [2.05, 4.69) is 15.9 Å². The Labute approximate surface area is 216 Å². The third-order valence-electron chi connectivity index (χ3n) is 5.45. The van der Waals surface area contributed by atoms with Gasteiger partial charge in [-0.05, 0) is 54.9 Å². The number of amides is 3. The zero-order valence-electron chi connectivity index (χ0n) is 18.4. The maximum Gasteiger partial charge on any atom is 0.318 e. The van der Waals surface area contributed by atoms with Crippen molar-refractivity contribution >= 4 is 62.2 Å². The van der Waals surface area contributed by atoms with Crippen LogP contribution in [0.2, 0.25) is 0 Å². The minimum Gasteiger partial charge on any atom is -0.449 e. The van der Waals surface area contributed by atoms with Crippen molar-refractivity contribution in [2.75, 3.05) is 19.6 Å². The van der Waals surface area contributed by atoms with Crippen LogP contribution in [0.4, 0.5) is 16.2 Å². The van der Waals surface area contributed by atoms with Crippen LogP contribution in [0.3, 0.4) is 0 Å². The highest BCUT2D eigenvalue weighted by atomic mass is 79.9. The molecule has 0 unspecified atom stereocenters. The summed E-state index contributed by atoms with van der Waals surface area (Å²) in [6, 6.07) is 7.64. The largest absolute Gasteiger partial charge is 0.449 e. The number of rotatable bonds is 7. The normalized spacial score (nSPS) is 16.6. The van der Waals surface area contributed by atoms with Gasteiger partial charge in [0.2, 0.25) is 11.7 Å². The van der Waals surface area contributed by atoms with Crippen LogP contribution < -0.4 is 4.74 Å². The number of nitrogens with zero attached hydrogens (tertiary/aromatic N) is 4. The van der Waals surface area contributed by atoms with Gasteiger partial charge in [-0.2, -0.15) is 0 Å². The molecule has 0 radical (unpaired) electrons. The number of carbonyl (C=O) groups excluding carboxylic acids is 3. The van der Waals surface area contributed by atoms with Gasteiger partial charge in [0, 0.05) is 29.2 Å². The topological polar surface area (TPSA) is 153 Å². The van der Waals surface area contributed by atoms with Crippen molar-refractivity contribution in [3.63, 3.8) is 0 Å². The Morgan fingerprint density at radius 3 is 2.42 bits per heavy atom. The first-order chi connectivity index (χ1) is 17.1. The molecule has 2 aromatic rings. The van der Waals surface area contributed by atoms with E-state index in [1.54, 1.807) is 17.0 Å². The number of nitro benzene ring substituents is 2. The molecule has 0 bridgehead atoms. The number of hydrogen-bond donors (Lipinski definition) is 0. The highest BCUT2D eigenvalue weighted by Crippen LogP contribution is 2.39. The van der Waals surface area contributed by atoms with Crippen LogP contribution in [-0.2, 0) is 9.59 Å². The minimum absolute atomic E-state index is 0.0513. The monoisotopic (exact) mass is 576 g/mol. The highest BCUT2D eigenvalue weighted by molar-refractivity contribution is 9.10. The Morgan fingerprint density at radius 1 is 1.06 bits per heavy atom. The van der Waals surface area contributed by atoms with Crippen LogP contribution in [0, 0.1) is 20.2 Å². The summed E-state index contributed by atoms with van der Waals surface area (Å²) in [6.45, 7) is 0.843. The predicted octanol–water partition coefficient (Wildman–Crippen LogP) is 4.72. The molecule has 2 aliphatic heterocycles. The summed E-state index contributed by atoms with van der Waals surface area (Å²) in [4.78, 5) is 61.3. The number of imide groups is 1. The number of likely N-dealkylation sites (tertiary alicyclic amines) is 1. The Balaban J connectivity index is 1.62. The van der Waals surface area contributed by atoms with Crippen LogP contribution in [0.1, 0.15) is 18.4 Å². The molecule has 0 saturated carbocycles. The van der Waals surface area contributed by atoms with E-state index in [0.717, 1.165) is 35.9 Å². The van der Waals surface area contributed by atoms with Gasteiger partial charge in [-0.25, -0.2) is 0 Å². The van der Waals surface area contributed by atoms with Crippen molar-refractivity contribution in [2.24, 2.45) is 0 Å². The fourth-order valence-electron chi connectivity index (χ4n) is 3.67. The molecule has 12 nitrogen and oxygen atoms in total. The zero-order chi connectivity index (χ0) is 26.0. The molecule has 0 aliphatic carbocycles. The smallest absolute Gasteiger partial charge is 0.318 e. The molecule has 0 spiro atoms. The summed E-state index contributed by atoms with van der Waals surface area (Å²) < 4.78 is 6.31. The van der Waals surface area contributed by atoms with Gasteiger partial charge < -0.3 is 9.64 Å². The van der Waals surface area contributed by atoms with Crippen molar-refractivity contribution in [3.8, 4) is 11.5 Å². The lowest BCUT2D eigenvalue weighted by Gasteiger charge is -2.18. The molecular weight excluding hydrogens is 560 g/mol. The van der Waals surface area contributed by atoms with Gasteiger partial charge in [0.1, 0.15) is 12.3 Å². The van der Waals surface area contributed by atoms with Gasteiger partial charge in [-0.1, -0.05) is 15.9 Å². The van der Waals surface area contributed by atoms with E-state index in [1.807, 2.05) is 0 Å². The summed E-state index contributed by atoms with van der Waals surface area (Å²) in [5.74, 6) is -1.07. The molecule has 36 heavy (non-hydrogen) atoms. The number of halogens is 1. The second-order valence-electron chi connectivity index (χ2n) is 7.81. The quantitative estimate of drug-likeness (QED) is 0.258. The van der Waals surface area contributed by atoms with Crippen molar-refractivity contribution < 1.29 is 29.0 Å². The highest BCUT2D eigenvalue weighted by Gasteiger charge is 2.37. The molecule has 2 saturated heterocycles. The van der Waals surface area contributed by atoms with Gasteiger partial charge in [-0.15, -0.1) is 0 Å². The summed E-state index contributed by atoms with van der Waals surface area (Å²) in [7, 11) is 0. The van der Waals surface area contributed by atoms with Crippen LogP contribution in [0.5, 0.6) is 11.5 Å². The third-order valence-corrected chi connectivity index (χ3v) is 6.85. The molecule has 2 aromatic carbocycles. The first-order valence-electron chi connectivity index (χ1n) is 10.6. The first kappa shape index (κ1) is 25.3. The number of thioether (sulfide) groups is 1. The van der Waals surface area contributed by atoms with E-state index < -0.39 is 32.4 Å². The van der Waals surface area contributed by atoms with Gasteiger partial charge in [-0.3, -0.25) is 39.5 Å². The van der Waals surface area contributed by atoms with Crippen molar-refractivity contribution in [1.82, 2.24) is 9.80 Å². The average Bonchev–Trinajstić information content (AvgIpc) is 3.46.